The van der Waals surface area contributed by atoms with Crippen molar-refractivity contribution >= 4 is 17.8 Å². The third-order valence-corrected chi connectivity index (χ3v) is 6.94. The summed E-state index contributed by atoms with van der Waals surface area (Å²) in [4.78, 5) is 39.0. The number of amides is 1. The van der Waals surface area contributed by atoms with Gasteiger partial charge in [-0.25, -0.2) is 0 Å². The molecular formula is C18H16F3NO7. The second kappa shape index (κ2) is 5.01. The monoisotopic (exact) mass is 415 g/mol. The Morgan fingerprint density at radius 1 is 0.966 bits per heavy atom. The number of halogens is 3. The van der Waals surface area contributed by atoms with Gasteiger partial charge in [-0.2, -0.15) is 13.2 Å². The molecule has 0 aromatic rings. The molecule has 8 nitrogen and oxygen atoms in total. The summed E-state index contributed by atoms with van der Waals surface area (Å²) in [5.41, 5.74) is -6.99. The van der Waals surface area contributed by atoms with E-state index in [9.17, 15) is 27.6 Å². The van der Waals surface area contributed by atoms with Crippen molar-refractivity contribution in [2.24, 2.45) is 10.8 Å². The van der Waals surface area contributed by atoms with Crippen molar-refractivity contribution in [1.29, 1.82) is 0 Å². The molecule has 0 aromatic carbocycles. The lowest BCUT2D eigenvalue weighted by atomic mass is 9.44. The maximum Gasteiger partial charge on any atom is 0.471 e. The molecule has 0 aliphatic carbocycles. The molecule has 2 spiro atoms. The molecule has 0 radical (unpaired) electrons. The van der Waals surface area contributed by atoms with E-state index in [2.05, 4.69) is 0 Å². The molecule has 5 aliphatic rings. The summed E-state index contributed by atoms with van der Waals surface area (Å²) >= 11 is 0. The van der Waals surface area contributed by atoms with Crippen molar-refractivity contribution in [1.82, 2.24) is 4.90 Å². The number of carbonyl (C=O) groups excluding carboxylic acids is 3. The lowest BCUT2D eigenvalue weighted by molar-refractivity contribution is -0.217. The lowest BCUT2D eigenvalue weighted by Gasteiger charge is -2.57. The van der Waals surface area contributed by atoms with Crippen molar-refractivity contribution in [2.45, 2.75) is 29.6 Å². The highest BCUT2D eigenvalue weighted by Gasteiger charge is 2.95. The fourth-order valence-corrected chi connectivity index (χ4v) is 6.24. The Labute approximate surface area is 162 Å². The van der Waals surface area contributed by atoms with Crippen LogP contribution in [0.4, 0.5) is 13.2 Å². The summed E-state index contributed by atoms with van der Waals surface area (Å²) < 4.78 is 61.7. The molecule has 4 bridgehead atoms. The number of carbonyl (C=O) groups is 3. The van der Waals surface area contributed by atoms with E-state index in [-0.39, 0.29) is 0 Å². The highest BCUT2D eigenvalue weighted by molar-refractivity contribution is 5.97. The topological polar surface area (TPSA) is 91.4 Å². The number of rotatable bonds is 2. The third-order valence-electron chi connectivity index (χ3n) is 6.94. The van der Waals surface area contributed by atoms with E-state index >= 15 is 0 Å². The Balaban J connectivity index is 1.78. The standard InChI is InChI=1S/C18H16F3NO7/c1-26-12(24)16-9-3-5-14(28-9)7-22(11(23)18(19,20)21)8-15(6-4-10(16)29-15)17(14,16)13(25)27-2/h3-6,9-10H,7-8H2,1-2H3/t9-,10+,14-,15+,16?,17?. The highest BCUT2D eigenvalue weighted by Crippen LogP contribution is 2.77. The minimum Gasteiger partial charge on any atom is -0.468 e. The number of esters is 2. The SMILES string of the molecule is COC(=O)C12[C@@H]3C=C[C@@]4(CN(C(=O)C(F)(F)F)C[C@]5(C=C[C@H]1O5)C24C(=O)OC)O3. The minimum absolute atomic E-state index is 0.555. The summed E-state index contributed by atoms with van der Waals surface area (Å²) in [5, 5.41) is 0. The van der Waals surface area contributed by atoms with Gasteiger partial charge in [0.2, 0.25) is 0 Å². The molecule has 29 heavy (non-hydrogen) atoms. The molecule has 5 rings (SSSR count). The molecule has 1 amide bonds. The second-order valence-corrected chi connectivity index (χ2v) is 7.84. The van der Waals surface area contributed by atoms with Crippen LogP contribution < -0.4 is 0 Å². The smallest absolute Gasteiger partial charge is 0.468 e. The van der Waals surface area contributed by atoms with Gasteiger partial charge in [-0.15, -0.1) is 0 Å². The number of ether oxygens (including phenoxy) is 4. The number of piperidine rings is 1. The average molecular weight is 415 g/mol. The molecule has 2 unspecified atom stereocenters. The number of hydrogen-bond acceptors (Lipinski definition) is 7. The van der Waals surface area contributed by atoms with Crippen LogP contribution in [0.1, 0.15) is 0 Å². The van der Waals surface area contributed by atoms with Gasteiger partial charge >= 0.3 is 24.0 Å². The van der Waals surface area contributed by atoms with E-state index in [0.717, 1.165) is 14.2 Å². The summed E-state index contributed by atoms with van der Waals surface area (Å²) in [6.07, 6.45) is -1.23. The fraction of sp³-hybridized carbons (Fsp3) is 0.611. The molecular weight excluding hydrogens is 399 g/mol. The number of fused-ring (bicyclic) bond motifs is 4. The van der Waals surface area contributed by atoms with Crippen molar-refractivity contribution in [3.05, 3.63) is 24.3 Å². The van der Waals surface area contributed by atoms with E-state index in [1.165, 1.54) is 24.3 Å². The van der Waals surface area contributed by atoms with E-state index in [1.54, 1.807) is 0 Å². The molecule has 5 aliphatic heterocycles. The molecule has 11 heteroatoms. The van der Waals surface area contributed by atoms with E-state index in [4.69, 9.17) is 18.9 Å². The third kappa shape index (κ3) is 1.59. The Hall–Kier alpha value is -2.40. The van der Waals surface area contributed by atoms with Crippen molar-refractivity contribution < 1.29 is 46.5 Å². The van der Waals surface area contributed by atoms with Crippen molar-refractivity contribution in [3.8, 4) is 0 Å². The van der Waals surface area contributed by atoms with Crippen LogP contribution >= 0.6 is 0 Å². The number of alkyl halides is 3. The van der Waals surface area contributed by atoms with E-state index in [0.29, 0.717) is 4.90 Å². The number of methoxy groups -OCH3 is 2. The Kier molecular flexibility index (Phi) is 3.22. The molecule has 0 N–H and O–H groups in total. The normalized spacial score (nSPS) is 45.5. The summed E-state index contributed by atoms with van der Waals surface area (Å²) in [6.45, 7) is -1.17. The van der Waals surface area contributed by atoms with Crippen LogP contribution in [-0.2, 0) is 33.3 Å². The Bertz CT molecular complexity index is 874. The fourth-order valence-electron chi connectivity index (χ4n) is 6.24. The molecule has 5 heterocycles. The quantitative estimate of drug-likeness (QED) is 0.468. The van der Waals surface area contributed by atoms with Gasteiger partial charge in [0, 0.05) is 0 Å². The van der Waals surface area contributed by atoms with Crippen LogP contribution in [0, 0.1) is 10.8 Å². The summed E-state index contributed by atoms with van der Waals surface area (Å²) in [5.74, 6) is -3.73. The van der Waals surface area contributed by atoms with Crippen LogP contribution in [0.5, 0.6) is 0 Å². The van der Waals surface area contributed by atoms with Gasteiger partial charge in [-0.3, -0.25) is 14.4 Å². The number of hydrogen-bond donors (Lipinski definition) is 0. The maximum absolute atomic E-state index is 13.3. The molecule has 6 atom stereocenters. The van der Waals surface area contributed by atoms with Crippen LogP contribution in [0.2, 0.25) is 0 Å². The van der Waals surface area contributed by atoms with Crippen molar-refractivity contribution in [2.75, 3.05) is 27.3 Å². The van der Waals surface area contributed by atoms with Gasteiger partial charge in [0.15, 0.2) is 5.41 Å². The zero-order valence-electron chi connectivity index (χ0n) is 15.3. The maximum atomic E-state index is 13.3. The predicted molar refractivity (Wildman–Crippen MR) is 85.0 cm³/mol. The highest BCUT2D eigenvalue weighted by atomic mass is 19.4. The average Bonchev–Trinajstić information content (AvgIpc) is 3.40. The predicted octanol–water partition coefficient (Wildman–Crippen LogP) is 0.124. The first-order valence-corrected chi connectivity index (χ1v) is 8.83. The van der Waals surface area contributed by atoms with Crippen LogP contribution in [-0.4, -0.2) is 79.6 Å². The largest absolute Gasteiger partial charge is 0.471 e. The van der Waals surface area contributed by atoms with E-state index < -0.39 is 71.4 Å². The molecule has 156 valence electrons. The van der Waals surface area contributed by atoms with Gasteiger partial charge in [0.25, 0.3) is 0 Å². The number of nitrogens with zero attached hydrogens (tertiary/aromatic N) is 1. The van der Waals surface area contributed by atoms with E-state index in [1.807, 2.05) is 0 Å². The zero-order valence-corrected chi connectivity index (χ0v) is 15.3. The van der Waals surface area contributed by atoms with Crippen LogP contribution in [0.25, 0.3) is 0 Å². The second-order valence-electron chi connectivity index (χ2n) is 7.84. The van der Waals surface area contributed by atoms with Crippen LogP contribution in [0.15, 0.2) is 24.3 Å². The van der Waals surface area contributed by atoms with Crippen LogP contribution in [0.3, 0.4) is 0 Å². The molecule has 3 fully saturated rings. The van der Waals surface area contributed by atoms with Gasteiger partial charge in [0.1, 0.15) is 16.6 Å². The van der Waals surface area contributed by atoms with Crippen molar-refractivity contribution in [3.63, 3.8) is 0 Å². The van der Waals surface area contributed by atoms with Gasteiger partial charge < -0.3 is 23.8 Å². The van der Waals surface area contributed by atoms with Gasteiger partial charge in [0.05, 0.1) is 39.5 Å². The molecule has 3 saturated heterocycles. The number of likely N-dealkylation sites (tertiary alicyclic amines) is 1. The lowest BCUT2D eigenvalue weighted by Crippen LogP contribution is -2.78. The zero-order chi connectivity index (χ0) is 21.0. The Morgan fingerprint density at radius 3 is 1.86 bits per heavy atom. The minimum atomic E-state index is -5.13. The van der Waals surface area contributed by atoms with Gasteiger partial charge in [-0.05, 0) is 0 Å². The Morgan fingerprint density at radius 2 is 1.45 bits per heavy atom. The first-order chi connectivity index (χ1) is 13.6. The van der Waals surface area contributed by atoms with Gasteiger partial charge in [-0.1, -0.05) is 24.3 Å². The first-order valence-electron chi connectivity index (χ1n) is 8.83. The summed E-state index contributed by atoms with van der Waals surface area (Å²) in [7, 11) is 2.27. The molecule has 0 saturated carbocycles. The summed E-state index contributed by atoms with van der Waals surface area (Å²) in [6, 6.07) is 0. The molecule has 0 aromatic heterocycles. The first kappa shape index (κ1) is 18.6.